The van der Waals surface area contributed by atoms with Crippen molar-refractivity contribution in [3.05, 3.63) is 84.2 Å². The number of nitrogens with two attached hydrogens (primary N) is 1. The SMILES string of the molecule is NC(=O)c1ccccc1OCC(=O)N1N=C(/C=C/c2ccco2)CC1c1ccco1. The lowest BCUT2D eigenvalue weighted by atomic mass is 10.1. The van der Waals surface area contributed by atoms with Crippen LogP contribution in [-0.4, -0.2) is 29.1 Å². The highest BCUT2D eigenvalue weighted by atomic mass is 16.5. The van der Waals surface area contributed by atoms with Crippen LogP contribution in [0.2, 0.25) is 0 Å². The third kappa shape index (κ3) is 4.17. The van der Waals surface area contributed by atoms with Gasteiger partial charge in [-0.05, 0) is 48.6 Å². The van der Waals surface area contributed by atoms with E-state index in [2.05, 4.69) is 5.10 Å². The van der Waals surface area contributed by atoms with Gasteiger partial charge in [0.25, 0.3) is 11.8 Å². The normalized spacial score (nSPS) is 16.1. The van der Waals surface area contributed by atoms with Crippen LogP contribution in [0.3, 0.4) is 0 Å². The summed E-state index contributed by atoms with van der Waals surface area (Å²) >= 11 is 0. The molecule has 30 heavy (non-hydrogen) atoms. The molecule has 0 bridgehead atoms. The van der Waals surface area contributed by atoms with Crippen molar-refractivity contribution in [2.45, 2.75) is 12.5 Å². The fourth-order valence-corrected chi connectivity index (χ4v) is 3.13. The van der Waals surface area contributed by atoms with Gasteiger partial charge in [0.05, 0.1) is 23.8 Å². The predicted molar refractivity (Wildman–Crippen MR) is 109 cm³/mol. The van der Waals surface area contributed by atoms with Crippen molar-refractivity contribution in [2.75, 3.05) is 6.61 Å². The minimum absolute atomic E-state index is 0.208. The number of allylic oxidation sites excluding steroid dienone is 1. The number of hydrogen-bond acceptors (Lipinski definition) is 6. The minimum Gasteiger partial charge on any atom is -0.483 e. The Morgan fingerprint density at radius 1 is 1.10 bits per heavy atom. The van der Waals surface area contributed by atoms with Crippen LogP contribution in [0, 0.1) is 0 Å². The Balaban J connectivity index is 1.51. The van der Waals surface area contributed by atoms with Gasteiger partial charge in [-0.2, -0.15) is 5.10 Å². The molecular formula is C22H19N3O5. The summed E-state index contributed by atoms with van der Waals surface area (Å²) in [6.45, 7) is -0.305. The molecular weight excluding hydrogens is 386 g/mol. The first kappa shape index (κ1) is 19.3. The molecule has 0 saturated heterocycles. The van der Waals surface area contributed by atoms with Crippen molar-refractivity contribution in [1.29, 1.82) is 0 Å². The number of para-hydroxylation sites is 1. The zero-order valence-electron chi connectivity index (χ0n) is 15.9. The van der Waals surface area contributed by atoms with Crippen molar-refractivity contribution in [2.24, 2.45) is 10.8 Å². The zero-order chi connectivity index (χ0) is 20.9. The highest BCUT2D eigenvalue weighted by Gasteiger charge is 2.33. The molecule has 8 heteroatoms. The van der Waals surface area contributed by atoms with Gasteiger partial charge in [0.15, 0.2) is 6.61 Å². The van der Waals surface area contributed by atoms with E-state index in [4.69, 9.17) is 19.3 Å². The molecule has 8 nitrogen and oxygen atoms in total. The Morgan fingerprint density at radius 3 is 2.63 bits per heavy atom. The van der Waals surface area contributed by atoms with Gasteiger partial charge in [0, 0.05) is 6.42 Å². The van der Waals surface area contributed by atoms with Crippen LogP contribution < -0.4 is 10.5 Å². The molecule has 4 rings (SSSR count). The number of furan rings is 2. The Kier molecular flexibility index (Phi) is 5.47. The quantitative estimate of drug-likeness (QED) is 0.648. The summed E-state index contributed by atoms with van der Waals surface area (Å²) in [5, 5.41) is 5.78. The van der Waals surface area contributed by atoms with E-state index in [1.54, 1.807) is 67.1 Å². The molecule has 0 radical (unpaired) electrons. The molecule has 3 aromatic rings. The Hall–Kier alpha value is -4.07. The molecule has 1 unspecified atom stereocenters. The number of ether oxygens (including phenoxy) is 1. The van der Waals surface area contributed by atoms with E-state index in [0.29, 0.717) is 23.7 Å². The van der Waals surface area contributed by atoms with Crippen molar-refractivity contribution >= 4 is 23.6 Å². The van der Waals surface area contributed by atoms with E-state index >= 15 is 0 Å². The molecule has 2 aromatic heterocycles. The first-order valence-electron chi connectivity index (χ1n) is 9.28. The van der Waals surface area contributed by atoms with E-state index in [0.717, 1.165) is 0 Å². The lowest BCUT2D eigenvalue weighted by molar-refractivity contribution is -0.135. The summed E-state index contributed by atoms with van der Waals surface area (Å²) < 4.78 is 16.4. The number of carbonyl (C=O) groups is 2. The van der Waals surface area contributed by atoms with Gasteiger partial charge < -0.3 is 19.3 Å². The van der Waals surface area contributed by atoms with E-state index < -0.39 is 11.9 Å². The lowest BCUT2D eigenvalue weighted by Crippen LogP contribution is -2.31. The van der Waals surface area contributed by atoms with Crippen LogP contribution in [0.25, 0.3) is 6.08 Å². The second-order valence-electron chi connectivity index (χ2n) is 6.56. The molecule has 2 N–H and O–H groups in total. The van der Waals surface area contributed by atoms with E-state index in [1.165, 1.54) is 5.01 Å². The maximum absolute atomic E-state index is 12.9. The maximum atomic E-state index is 12.9. The van der Waals surface area contributed by atoms with Crippen LogP contribution >= 0.6 is 0 Å². The average molecular weight is 405 g/mol. The minimum atomic E-state index is -0.629. The van der Waals surface area contributed by atoms with Crippen LogP contribution in [-0.2, 0) is 4.79 Å². The van der Waals surface area contributed by atoms with Crippen LogP contribution in [0.4, 0.5) is 0 Å². The number of hydrazone groups is 1. The summed E-state index contributed by atoms with van der Waals surface area (Å²) in [5.41, 5.74) is 6.26. The molecule has 2 amide bonds. The van der Waals surface area contributed by atoms with Crippen molar-refractivity contribution in [3.63, 3.8) is 0 Å². The van der Waals surface area contributed by atoms with Gasteiger partial charge in [-0.3, -0.25) is 9.59 Å². The van der Waals surface area contributed by atoms with Gasteiger partial charge in [0.2, 0.25) is 0 Å². The summed E-state index contributed by atoms with van der Waals surface area (Å²) in [5.74, 6) is 0.539. The standard InChI is InChI=1S/C22H19N3O5/c23-22(27)17-6-1-2-7-19(17)30-14-21(26)25-18(20-8-4-12-29-20)13-15(24-25)9-10-16-5-3-11-28-16/h1-12,18H,13-14H2,(H2,23,27)/b10-9+. The van der Waals surface area contributed by atoms with Crippen LogP contribution in [0.1, 0.15) is 34.3 Å². The smallest absolute Gasteiger partial charge is 0.281 e. The lowest BCUT2D eigenvalue weighted by Gasteiger charge is -2.20. The fraction of sp³-hybridized carbons (Fsp3) is 0.136. The third-order valence-corrected chi connectivity index (χ3v) is 4.55. The first-order chi connectivity index (χ1) is 14.6. The number of carbonyl (C=O) groups excluding carboxylic acids is 2. The van der Waals surface area contributed by atoms with E-state index in [-0.39, 0.29) is 23.8 Å². The van der Waals surface area contributed by atoms with Crippen molar-refractivity contribution in [3.8, 4) is 5.75 Å². The summed E-state index contributed by atoms with van der Waals surface area (Å²) in [6, 6.07) is 13.3. The number of amides is 2. The maximum Gasteiger partial charge on any atom is 0.281 e. The van der Waals surface area contributed by atoms with Gasteiger partial charge >= 0.3 is 0 Å². The number of nitrogens with zero attached hydrogens (tertiary/aromatic N) is 2. The number of primary amides is 1. The van der Waals surface area contributed by atoms with Gasteiger partial charge in [-0.1, -0.05) is 12.1 Å². The van der Waals surface area contributed by atoms with E-state index in [9.17, 15) is 9.59 Å². The summed E-state index contributed by atoms with van der Waals surface area (Å²) in [6.07, 6.45) is 7.19. The van der Waals surface area contributed by atoms with Gasteiger partial charge in [-0.25, -0.2) is 5.01 Å². The fourth-order valence-electron chi connectivity index (χ4n) is 3.13. The zero-order valence-corrected chi connectivity index (χ0v) is 15.9. The molecule has 1 atom stereocenters. The molecule has 0 aliphatic carbocycles. The molecule has 0 spiro atoms. The Labute approximate surface area is 172 Å². The van der Waals surface area contributed by atoms with Crippen molar-refractivity contribution < 1.29 is 23.2 Å². The Morgan fingerprint density at radius 2 is 1.90 bits per heavy atom. The molecule has 152 valence electrons. The molecule has 3 heterocycles. The summed E-state index contributed by atoms with van der Waals surface area (Å²) in [4.78, 5) is 24.4. The number of rotatable bonds is 7. The topological polar surface area (TPSA) is 111 Å². The summed E-state index contributed by atoms with van der Waals surface area (Å²) in [7, 11) is 0. The molecule has 1 aliphatic rings. The number of benzene rings is 1. The number of hydrogen-bond donors (Lipinski definition) is 1. The Bertz CT molecular complexity index is 1080. The molecule has 1 aromatic carbocycles. The molecule has 0 saturated carbocycles. The first-order valence-corrected chi connectivity index (χ1v) is 9.28. The predicted octanol–water partition coefficient (Wildman–Crippen LogP) is 3.39. The molecule has 1 aliphatic heterocycles. The van der Waals surface area contributed by atoms with Crippen LogP contribution in [0.5, 0.6) is 5.75 Å². The van der Waals surface area contributed by atoms with E-state index in [1.807, 2.05) is 6.07 Å². The van der Waals surface area contributed by atoms with Crippen LogP contribution in [0.15, 0.2) is 81.1 Å². The second kappa shape index (κ2) is 8.52. The monoisotopic (exact) mass is 405 g/mol. The largest absolute Gasteiger partial charge is 0.483 e. The van der Waals surface area contributed by atoms with Gasteiger partial charge in [-0.15, -0.1) is 0 Å². The third-order valence-electron chi connectivity index (χ3n) is 4.55. The second-order valence-corrected chi connectivity index (χ2v) is 6.56. The molecule has 0 fully saturated rings. The van der Waals surface area contributed by atoms with Crippen molar-refractivity contribution in [1.82, 2.24) is 5.01 Å². The van der Waals surface area contributed by atoms with Gasteiger partial charge in [0.1, 0.15) is 23.3 Å². The highest BCUT2D eigenvalue weighted by molar-refractivity contribution is 6.01. The highest BCUT2D eigenvalue weighted by Crippen LogP contribution is 2.32. The average Bonchev–Trinajstić information content (AvgIpc) is 3.51.